The number of rotatable bonds is 12. The zero-order valence-corrected chi connectivity index (χ0v) is 28.1. The van der Waals surface area contributed by atoms with E-state index in [9.17, 15) is 9.59 Å². The van der Waals surface area contributed by atoms with E-state index >= 15 is 0 Å². The Balaban J connectivity index is 1.38. The number of pyridine rings is 1. The number of imidazole rings is 1. The number of esters is 2. The highest BCUT2D eigenvalue weighted by molar-refractivity contribution is 5.91. The Hall–Kier alpha value is -4.98. The number of aryl methyl sites for hydroxylation is 3. The summed E-state index contributed by atoms with van der Waals surface area (Å²) in [6.07, 6.45) is 2.48. The van der Waals surface area contributed by atoms with Gasteiger partial charge in [-0.1, -0.05) is 80.9 Å². The largest absolute Gasteiger partial charge is 0.489 e. The maximum atomic E-state index is 13.0. The van der Waals surface area contributed by atoms with Crippen molar-refractivity contribution in [3.63, 3.8) is 0 Å². The molecule has 0 unspecified atom stereocenters. The van der Waals surface area contributed by atoms with E-state index in [-0.39, 0.29) is 24.9 Å². The molecule has 0 N–H and O–H groups in total. The van der Waals surface area contributed by atoms with Crippen LogP contribution in [0, 0.1) is 6.92 Å². The van der Waals surface area contributed by atoms with Crippen LogP contribution in [0.3, 0.4) is 0 Å². The molecule has 3 aromatic carbocycles. The Labute approximate surface area is 276 Å². The lowest BCUT2D eigenvalue weighted by molar-refractivity contribution is 0.00667. The first-order chi connectivity index (χ1) is 22.6. The van der Waals surface area contributed by atoms with Gasteiger partial charge in [-0.05, 0) is 74.6 Å². The molecule has 244 valence electrons. The van der Waals surface area contributed by atoms with E-state index in [0.717, 1.165) is 57.7 Å². The zero-order chi connectivity index (χ0) is 33.6. The van der Waals surface area contributed by atoms with Crippen molar-refractivity contribution in [3.8, 4) is 5.75 Å². The standard InChI is InChI=1S/C39H43N3O5/c1-7-14-29-22-28(19-20-33(29)45-25-30-17-12-13-18-31(30)37(43)47-39(4,5)6)23-42-34(8-2)41-35-26(3)21-32(40-36(35)42)38(44)46-24-27-15-10-9-11-16-27/h9-13,15-22H,7-8,14,23-25H2,1-6H3. The summed E-state index contributed by atoms with van der Waals surface area (Å²) in [7, 11) is 0. The predicted octanol–water partition coefficient (Wildman–Crippen LogP) is 8.19. The Kier molecular flexibility index (Phi) is 10.4. The first-order valence-corrected chi connectivity index (χ1v) is 16.2. The highest BCUT2D eigenvalue weighted by Gasteiger charge is 2.21. The summed E-state index contributed by atoms with van der Waals surface area (Å²) < 4.78 is 19.6. The molecule has 8 heteroatoms. The molecule has 0 saturated carbocycles. The number of carbonyl (C=O) groups excluding carboxylic acids is 2. The lowest BCUT2D eigenvalue weighted by Crippen LogP contribution is -2.24. The molecule has 0 saturated heterocycles. The Morgan fingerprint density at radius 3 is 2.28 bits per heavy atom. The van der Waals surface area contributed by atoms with Crippen LogP contribution in [0.25, 0.3) is 11.2 Å². The van der Waals surface area contributed by atoms with Gasteiger partial charge >= 0.3 is 11.9 Å². The van der Waals surface area contributed by atoms with Gasteiger partial charge in [0.1, 0.15) is 35.9 Å². The van der Waals surface area contributed by atoms with E-state index in [2.05, 4.69) is 24.5 Å². The van der Waals surface area contributed by atoms with Gasteiger partial charge in [-0.25, -0.2) is 19.6 Å². The molecule has 0 aliphatic carbocycles. The number of hydrogen-bond acceptors (Lipinski definition) is 7. The topological polar surface area (TPSA) is 92.5 Å². The molecule has 8 nitrogen and oxygen atoms in total. The second-order valence-corrected chi connectivity index (χ2v) is 12.7. The second kappa shape index (κ2) is 14.6. The van der Waals surface area contributed by atoms with Crippen molar-refractivity contribution in [2.75, 3.05) is 0 Å². The van der Waals surface area contributed by atoms with Crippen molar-refractivity contribution in [1.82, 2.24) is 14.5 Å². The van der Waals surface area contributed by atoms with Gasteiger partial charge in [0, 0.05) is 12.0 Å². The fourth-order valence-electron chi connectivity index (χ4n) is 5.48. The van der Waals surface area contributed by atoms with Crippen LogP contribution in [-0.4, -0.2) is 32.1 Å². The normalized spacial score (nSPS) is 11.4. The van der Waals surface area contributed by atoms with Crippen molar-refractivity contribution in [2.24, 2.45) is 0 Å². The summed E-state index contributed by atoms with van der Waals surface area (Å²) in [6, 6.07) is 24.9. The van der Waals surface area contributed by atoms with Gasteiger partial charge < -0.3 is 18.8 Å². The maximum absolute atomic E-state index is 13.0. The van der Waals surface area contributed by atoms with E-state index in [1.165, 1.54) is 0 Å². The second-order valence-electron chi connectivity index (χ2n) is 12.7. The lowest BCUT2D eigenvalue weighted by Gasteiger charge is -2.21. The molecule has 5 aromatic rings. The number of fused-ring (bicyclic) bond motifs is 1. The number of hydrogen-bond donors (Lipinski definition) is 0. The summed E-state index contributed by atoms with van der Waals surface area (Å²) in [5, 5.41) is 0. The Morgan fingerprint density at radius 2 is 1.55 bits per heavy atom. The minimum Gasteiger partial charge on any atom is -0.489 e. The third-order valence-corrected chi connectivity index (χ3v) is 7.72. The van der Waals surface area contributed by atoms with Crippen LogP contribution in [0.5, 0.6) is 5.75 Å². The highest BCUT2D eigenvalue weighted by atomic mass is 16.6. The average molecular weight is 634 g/mol. The molecule has 0 atom stereocenters. The summed E-state index contributed by atoms with van der Waals surface area (Å²) in [4.78, 5) is 35.6. The fourth-order valence-corrected chi connectivity index (χ4v) is 5.48. The van der Waals surface area contributed by atoms with Gasteiger partial charge in [-0.2, -0.15) is 0 Å². The van der Waals surface area contributed by atoms with Crippen LogP contribution in [0.4, 0.5) is 0 Å². The number of ether oxygens (including phenoxy) is 3. The van der Waals surface area contributed by atoms with Crippen LogP contribution >= 0.6 is 0 Å². The molecular weight excluding hydrogens is 590 g/mol. The summed E-state index contributed by atoms with van der Waals surface area (Å²) >= 11 is 0. The molecule has 0 aliphatic heterocycles. The molecule has 2 aromatic heterocycles. The number of benzene rings is 3. The van der Waals surface area contributed by atoms with E-state index in [4.69, 9.17) is 24.2 Å². The van der Waals surface area contributed by atoms with Gasteiger partial charge in [0.2, 0.25) is 0 Å². The van der Waals surface area contributed by atoms with Crippen molar-refractivity contribution in [2.45, 2.75) is 86.2 Å². The first kappa shape index (κ1) is 33.4. The third-order valence-electron chi connectivity index (χ3n) is 7.72. The lowest BCUT2D eigenvalue weighted by atomic mass is 10.0. The zero-order valence-electron chi connectivity index (χ0n) is 28.1. The fraction of sp³-hybridized carbons (Fsp3) is 0.333. The summed E-state index contributed by atoms with van der Waals surface area (Å²) in [5.41, 5.74) is 6.31. The number of nitrogens with zero attached hydrogens (tertiary/aromatic N) is 3. The van der Waals surface area contributed by atoms with Gasteiger partial charge in [-0.15, -0.1) is 0 Å². The molecule has 0 bridgehead atoms. The Bertz CT molecular complexity index is 1870. The monoisotopic (exact) mass is 633 g/mol. The average Bonchev–Trinajstić information content (AvgIpc) is 3.41. The number of aromatic nitrogens is 3. The van der Waals surface area contributed by atoms with E-state index in [1.807, 2.05) is 88.4 Å². The van der Waals surface area contributed by atoms with Crippen molar-refractivity contribution < 1.29 is 23.8 Å². The van der Waals surface area contributed by atoms with Gasteiger partial charge in [0.05, 0.1) is 12.1 Å². The molecule has 0 aliphatic rings. The number of carbonyl (C=O) groups is 2. The van der Waals surface area contributed by atoms with Crippen molar-refractivity contribution >= 4 is 23.1 Å². The maximum Gasteiger partial charge on any atom is 0.357 e. The van der Waals surface area contributed by atoms with Crippen molar-refractivity contribution in [3.05, 3.63) is 124 Å². The smallest absolute Gasteiger partial charge is 0.357 e. The predicted molar refractivity (Wildman–Crippen MR) is 183 cm³/mol. The van der Waals surface area contributed by atoms with Crippen LogP contribution in [0.2, 0.25) is 0 Å². The molecule has 47 heavy (non-hydrogen) atoms. The van der Waals surface area contributed by atoms with Crippen molar-refractivity contribution in [1.29, 1.82) is 0 Å². The molecule has 0 fully saturated rings. The third kappa shape index (κ3) is 8.25. The molecule has 5 rings (SSSR count). The molecule has 0 radical (unpaired) electrons. The summed E-state index contributed by atoms with van der Waals surface area (Å²) in [5.74, 6) is 0.834. The van der Waals surface area contributed by atoms with Crippen LogP contribution < -0.4 is 4.74 Å². The summed E-state index contributed by atoms with van der Waals surface area (Å²) in [6.45, 7) is 12.7. The Morgan fingerprint density at radius 1 is 0.809 bits per heavy atom. The van der Waals surface area contributed by atoms with Crippen LogP contribution in [0.15, 0.2) is 78.9 Å². The van der Waals surface area contributed by atoms with E-state index < -0.39 is 11.6 Å². The minimum absolute atomic E-state index is 0.180. The quantitative estimate of drug-likeness (QED) is 0.128. The van der Waals surface area contributed by atoms with E-state index in [1.54, 1.807) is 12.1 Å². The SMILES string of the molecule is CCCc1cc(Cn2c(CC)nc3c(C)cc(C(=O)OCc4ccccc4)nc32)ccc1OCc1ccccc1C(=O)OC(C)(C)C. The molecule has 0 spiro atoms. The minimum atomic E-state index is -0.588. The molecule has 0 amide bonds. The van der Waals surface area contributed by atoms with Crippen LogP contribution in [0.1, 0.15) is 95.5 Å². The van der Waals surface area contributed by atoms with E-state index in [0.29, 0.717) is 24.2 Å². The van der Waals surface area contributed by atoms with Crippen LogP contribution in [-0.2, 0) is 42.1 Å². The molecular formula is C39H43N3O5. The van der Waals surface area contributed by atoms with Gasteiger partial charge in [0.15, 0.2) is 11.3 Å². The first-order valence-electron chi connectivity index (χ1n) is 16.2. The van der Waals surface area contributed by atoms with Gasteiger partial charge in [-0.3, -0.25) is 0 Å². The molecule has 2 heterocycles. The van der Waals surface area contributed by atoms with Gasteiger partial charge in [0.25, 0.3) is 0 Å². The highest BCUT2D eigenvalue weighted by Crippen LogP contribution is 2.27.